The largest absolute Gasteiger partial charge is 0.401 e. The summed E-state index contributed by atoms with van der Waals surface area (Å²) in [6, 6.07) is 2.44. The molecule has 1 aromatic rings. The van der Waals surface area contributed by atoms with E-state index in [1.807, 2.05) is 20.8 Å². The van der Waals surface area contributed by atoms with Gasteiger partial charge in [0.05, 0.1) is 22.5 Å². The fourth-order valence-electron chi connectivity index (χ4n) is 3.53. The predicted octanol–water partition coefficient (Wildman–Crippen LogP) is 3.39. The van der Waals surface area contributed by atoms with Crippen LogP contribution in [-0.2, 0) is 9.53 Å². The van der Waals surface area contributed by atoms with Crippen LogP contribution in [0, 0.1) is 11.2 Å². The molecular weight excluding hydrogens is 387 g/mol. The number of halogens is 1. The molecule has 1 heterocycles. The molecule has 3 rings (SSSR count). The molecule has 30 heavy (non-hydrogen) atoms. The van der Waals surface area contributed by atoms with Gasteiger partial charge in [-0.05, 0) is 37.2 Å². The van der Waals surface area contributed by atoms with Crippen molar-refractivity contribution < 1.29 is 18.7 Å². The highest BCUT2D eigenvalue weighted by Gasteiger charge is 2.35. The van der Waals surface area contributed by atoms with E-state index in [2.05, 4.69) is 4.99 Å². The van der Waals surface area contributed by atoms with Gasteiger partial charge in [0.15, 0.2) is 5.78 Å². The van der Waals surface area contributed by atoms with E-state index in [9.17, 15) is 14.0 Å². The molecule has 1 saturated heterocycles. The number of aliphatic imine (C=N–C) groups is 1. The minimum absolute atomic E-state index is 0.0726. The van der Waals surface area contributed by atoms with E-state index in [0.29, 0.717) is 36.2 Å². The highest BCUT2D eigenvalue weighted by Crippen LogP contribution is 2.37. The fraction of sp³-hybridized carbons (Fsp3) is 0.500. The topological polar surface area (TPSA) is 134 Å². The van der Waals surface area contributed by atoms with E-state index < -0.39 is 11.7 Å². The molecule has 1 aliphatic carbocycles. The highest BCUT2D eigenvalue weighted by molar-refractivity contribution is 6.25. The number of carbonyl (C=O) groups is 2. The zero-order valence-corrected chi connectivity index (χ0v) is 17.9. The van der Waals surface area contributed by atoms with Gasteiger partial charge in [-0.15, -0.1) is 0 Å². The maximum atomic E-state index is 14.1. The van der Waals surface area contributed by atoms with Gasteiger partial charge in [-0.25, -0.2) is 4.39 Å². The molecule has 0 radical (unpaired) electrons. The normalized spacial score (nSPS) is 21.2. The number of anilines is 1. The minimum Gasteiger partial charge on any atom is -0.401 e. The third-order valence-corrected chi connectivity index (χ3v) is 5.00. The van der Waals surface area contributed by atoms with Crippen LogP contribution in [0.2, 0.25) is 0 Å². The van der Waals surface area contributed by atoms with E-state index in [1.54, 1.807) is 0 Å². The van der Waals surface area contributed by atoms with Crippen molar-refractivity contribution in [2.45, 2.75) is 52.9 Å². The second kappa shape index (κ2) is 9.84. The third kappa shape index (κ3) is 5.89. The standard InChI is InChI=1S/C18H23FN4O2.C4H8O/c1-4-11(20)16-13(7-18(2,3)8-14(16)24)23-9-5-10(19)15(17(22)25)12(21)6-9;1-2-4-5-3-1/h5-6H,4,7-8,20-21H2,1-3H3,(H2,22,25);1-4H2/b16-11+,23-13?;. The summed E-state index contributed by atoms with van der Waals surface area (Å²) < 4.78 is 19.1. The molecule has 1 amide bonds. The molecular formula is C22H31FN4O3. The van der Waals surface area contributed by atoms with E-state index >= 15 is 0 Å². The van der Waals surface area contributed by atoms with Crippen LogP contribution in [0.15, 0.2) is 28.4 Å². The number of ether oxygens (including phenoxy) is 1. The first kappa shape index (κ1) is 23.5. The fourth-order valence-corrected chi connectivity index (χ4v) is 3.53. The van der Waals surface area contributed by atoms with Gasteiger partial charge in [-0.2, -0.15) is 0 Å². The number of allylic oxidation sites excluding steroid dienone is 2. The van der Waals surface area contributed by atoms with Crippen LogP contribution >= 0.6 is 0 Å². The Balaban J connectivity index is 0.000000558. The number of hydrogen-bond donors (Lipinski definition) is 3. The van der Waals surface area contributed by atoms with Crippen LogP contribution in [0.4, 0.5) is 15.8 Å². The molecule has 6 N–H and O–H groups in total. The number of nitrogens with two attached hydrogens (primary N) is 3. The van der Waals surface area contributed by atoms with Crippen molar-refractivity contribution in [2.75, 3.05) is 18.9 Å². The quantitative estimate of drug-likeness (QED) is 0.511. The zero-order valence-electron chi connectivity index (χ0n) is 17.9. The van der Waals surface area contributed by atoms with Crippen LogP contribution < -0.4 is 17.2 Å². The molecule has 0 atom stereocenters. The maximum Gasteiger partial charge on any atom is 0.253 e. The molecule has 0 bridgehead atoms. The Kier molecular flexibility index (Phi) is 7.72. The summed E-state index contributed by atoms with van der Waals surface area (Å²) in [6.45, 7) is 7.78. The number of hydrogen-bond acceptors (Lipinski definition) is 6. The van der Waals surface area contributed by atoms with Gasteiger partial charge < -0.3 is 21.9 Å². The second-order valence-electron chi connectivity index (χ2n) is 8.33. The number of ketones is 1. The molecule has 1 aromatic carbocycles. The van der Waals surface area contributed by atoms with E-state index in [4.69, 9.17) is 21.9 Å². The van der Waals surface area contributed by atoms with Crippen LogP contribution in [0.25, 0.3) is 0 Å². The van der Waals surface area contributed by atoms with Gasteiger partial charge >= 0.3 is 0 Å². The Hall–Kier alpha value is -2.74. The van der Waals surface area contributed by atoms with E-state index in [0.717, 1.165) is 19.3 Å². The van der Waals surface area contributed by atoms with Crippen LogP contribution in [0.5, 0.6) is 0 Å². The number of amides is 1. The molecule has 0 spiro atoms. The van der Waals surface area contributed by atoms with Crippen molar-refractivity contribution in [3.63, 3.8) is 0 Å². The van der Waals surface area contributed by atoms with Gasteiger partial charge in [-0.3, -0.25) is 14.6 Å². The number of rotatable bonds is 3. The molecule has 164 valence electrons. The first-order valence-electron chi connectivity index (χ1n) is 10.1. The van der Waals surface area contributed by atoms with Crippen molar-refractivity contribution in [1.29, 1.82) is 0 Å². The average Bonchev–Trinajstić information content (AvgIpc) is 3.18. The zero-order chi connectivity index (χ0) is 22.5. The maximum absolute atomic E-state index is 14.1. The first-order valence-corrected chi connectivity index (χ1v) is 10.1. The molecule has 8 heteroatoms. The SMILES string of the molecule is C1CCOC1.CC/C(N)=C1\C(=O)CC(C)(C)CC1=Nc1cc(N)c(C(N)=O)c(F)c1. The minimum atomic E-state index is -0.945. The number of Topliss-reactive ketones (excluding diaryl/α,β-unsaturated/α-hetero) is 1. The van der Waals surface area contributed by atoms with Gasteiger partial charge in [0, 0.05) is 37.1 Å². The lowest BCUT2D eigenvalue weighted by molar-refractivity contribution is -0.117. The smallest absolute Gasteiger partial charge is 0.253 e. The lowest BCUT2D eigenvalue weighted by Gasteiger charge is -2.31. The summed E-state index contributed by atoms with van der Waals surface area (Å²) in [6.07, 6.45) is 3.96. The Morgan fingerprint density at radius 2 is 1.83 bits per heavy atom. The Morgan fingerprint density at radius 3 is 2.30 bits per heavy atom. The summed E-state index contributed by atoms with van der Waals surface area (Å²) in [5.41, 5.74) is 17.7. The number of carbonyl (C=O) groups excluding carboxylic acids is 2. The van der Waals surface area contributed by atoms with Gasteiger partial charge in [0.1, 0.15) is 5.82 Å². The molecule has 7 nitrogen and oxygen atoms in total. The Labute approximate surface area is 176 Å². The van der Waals surface area contributed by atoms with Gasteiger partial charge in [0.25, 0.3) is 5.91 Å². The summed E-state index contributed by atoms with van der Waals surface area (Å²) in [7, 11) is 0. The highest BCUT2D eigenvalue weighted by atomic mass is 19.1. The van der Waals surface area contributed by atoms with E-state index in [-0.39, 0.29) is 28.1 Å². The van der Waals surface area contributed by atoms with Crippen molar-refractivity contribution >= 4 is 28.8 Å². The van der Waals surface area contributed by atoms with Crippen LogP contribution in [0.3, 0.4) is 0 Å². The van der Waals surface area contributed by atoms with E-state index in [1.165, 1.54) is 18.9 Å². The summed E-state index contributed by atoms with van der Waals surface area (Å²) in [5, 5.41) is 0. The van der Waals surface area contributed by atoms with Crippen molar-refractivity contribution in [2.24, 2.45) is 21.9 Å². The van der Waals surface area contributed by atoms with Gasteiger partial charge in [0.2, 0.25) is 0 Å². The number of benzene rings is 1. The Bertz CT molecular complexity index is 856. The number of primary amides is 1. The third-order valence-electron chi connectivity index (χ3n) is 5.00. The second-order valence-corrected chi connectivity index (χ2v) is 8.33. The molecule has 0 aromatic heterocycles. The monoisotopic (exact) mass is 418 g/mol. The van der Waals surface area contributed by atoms with Crippen molar-refractivity contribution in [3.05, 3.63) is 34.8 Å². The first-order chi connectivity index (χ1) is 14.1. The lowest BCUT2D eigenvalue weighted by Crippen LogP contribution is -2.33. The van der Waals surface area contributed by atoms with Crippen molar-refractivity contribution in [3.8, 4) is 0 Å². The predicted molar refractivity (Wildman–Crippen MR) is 116 cm³/mol. The molecule has 1 aliphatic heterocycles. The van der Waals surface area contributed by atoms with Crippen molar-refractivity contribution in [1.82, 2.24) is 0 Å². The molecule has 0 unspecified atom stereocenters. The number of nitrogens with zero attached hydrogens (tertiary/aromatic N) is 1. The Morgan fingerprint density at radius 1 is 1.20 bits per heavy atom. The molecule has 1 saturated carbocycles. The lowest BCUT2D eigenvalue weighted by atomic mass is 9.73. The number of nitrogen functional groups attached to an aromatic ring is 1. The van der Waals surface area contributed by atoms with Crippen LogP contribution in [0.1, 0.15) is 63.2 Å². The summed E-state index contributed by atoms with van der Waals surface area (Å²) >= 11 is 0. The molecule has 2 fully saturated rings. The molecule has 2 aliphatic rings. The van der Waals surface area contributed by atoms with Gasteiger partial charge in [-0.1, -0.05) is 20.8 Å². The summed E-state index contributed by atoms with van der Waals surface area (Å²) in [4.78, 5) is 28.2. The average molecular weight is 419 g/mol. The van der Waals surface area contributed by atoms with Crippen LogP contribution in [-0.4, -0.2) is 30.6 Å². The summed E-state index contributed by atoms with van der Waals surface area (Å²) in [5.74, 6) is -1.86.